The smallest absolute Gasteiger partial charge is 0.0740 e. The molecule has 2 aliphatic heterocycles. The molecule has 1 spiro atoms. The molecule has 6 aliphatic rings. The van der Waals surface area contributed by atoms with Gasteiger partial charge in [0, 0.05) is 6.04 Å². The third kappa shape index (κ3) is 3.18. The van der Waals surface area contributed by atoms with Crippen LogP contribution in [0.1, 0.15) is 91.4 Å². The van der Waals surface area contributed by atoms with Crippen LogP contribution in [0.5, 0.6) is 0 Å². The van der Waals surface area contributed by atoms with Crippen LogP contribution >= 0.6 is 0 Å². The lowest BCUT2D eigenvalue weighted by Crippen LogP contribution is -2.46. The van der Waals surface area contributed by atoms with Gasteiger partial charge in [-0.25, -0.2) is 0 Å². The first kappa shape index (κ1) is 20.7. The van der Waals surface area contributed by atoms with Crippen molar-refractivity contribution in [1.82, 2.24) is 5.32 Å². The van der Waals surface area contributed by atoms with Gasteiger partial charge in [-0.3, -0.25) is 0 Å². The zero-order valence-corrected chi connectivity index (χ0v) is 19.8. The molecule has 9 atom stereocenters. The molecular weight excluding hydrogens is 384 g/mol. The standard InChI is InChI=1S/C27H42N2O2/c1-16-10-25-24(28-15-16)14-27(31-25)9-7-20-21-5-4-18-11-19(29-30)6-8-26(18,3)23(21)12-22(20)17(2)13-27/h16,18,20-21,23-25,28,30H,4-15H2,1-3H3/b29-19+. The fourth-order valence-corrected chi connectivity index (χ4v) is 9.33. The van der Waals surface area contributed by atoms with Gasteiger partial charge in [-0.2, -0.15) is 0 Å². The summed E-state index contributed by atoms with van der Waals surface area (Å²) in [6, 6.07) is 0.582. The fourth-order valence-electron chi connectivity index (χ4n) is 9.33. The number of rotatable bonds is 0. The molecule has 9 unspecified atom stereocenters. The Kier molecular flexibility index (Phi) is 4.89. The van der Waals surface area contributed by atoms with Crippen molar-refractivity contribution in [2.24, 2.45) is 40.2 Å². The maximum absolute atomic E-state index is 9.34. The minimum atomic E-state index is 0.0990. The van der Waals surface area contributed by atoms with E-state index >= 15 is 0 Å². The highest BCUT2D eigenvalue weighted by molar-refractivity contribution is 5.85. The summed E-state index contributed by atoms with van der Waals surface area (Å²) < 4.78 is 6.91. The highest BCUT2D eigenvalue weighted by atomic mass is 16.5. The van der Waals surface area contributed by atoms with Gasteiger partial charge in [0.05, 0.1) is 17.4 Å². The first-order chi connectivity index (χ1) is 14.9. The Balaban J connectivity index is 1.25. The van der Waals surface area contributed by atoms with Crippen LogP contribution in [0.15, 0.2) is 16.3 Å². The highest BCUT2D eigenvalue weighted by Crippen LogP contribution is 2.64. The Morgan fingerprint density at radius 2 is 2.03 bits per heavy atom. The Morgan fingerprint density at radius 1 is 1.16 bits per heavy atom. The van der Waals surface area contributed by atoms with E-state index < -0.39 is 0 Å². The summed E-state index contributed by atoms with van der Waals surface area (Å²) in [7, 11) is 0. The second kappa shape index (κ2) is 7.32. The van der Waals surface area contributed by atoms with Gasteiger partial charge in [-0.05, 0) is 119 Å². The lowest BCUT2D eigenvalue weighted by molar-refractivity contribution is -0.0629. The molecule has 5 fully saturated rings. The average Bonchev–Trinajstić information content (AvgIpc) is 3.26. The highest BCUT2D eigenvalue weighted by Gasteiger charge is 2.57. The van der Waals surface area contributed by atoms with Crippen LogP contribution in [-0.4, -0.2) is 35.2 Å². The van der Waals surface area contributed by atoms with E-state index in [0.29, 0.717) is 17.6 Å². The molecule has 2 heterocycles. The summed E-state index contributed by atoms with van der Waals surface area (Å²) in [6.07, 6.45) is 13.9. The van der Waals surface area contributed by atoms with Gasteiger partial charge in [0.2, 0.25) is 0 Å². The minimum Gasteiger partial charge on any atom is -0.411 e. The van der Waals surface area contributed by atoms with Gasteiger partial charge in [0.15, 0.2) is 0 Å². The Hall–Kier alpha value is -0.870. The van der Waals surface area contributed by atoms with E-state index in [1.807, 2.05) is 5.57 Å². The first-order valence-corrected chi connectivity index (χ1v) is 13.2. The molecule has 172 valence electrons. The quantitative estimate of drug-likeness (QED) is 0.297. The molecule has 6 rings (SSSR count). The topological polar surface area (TPSA) is 53.9 Å². The number of hydrogen-bond donors (Lipinski definition) is 2. The van der Waals surface area contributed by atoms with Gasteiger partial charge in [0.1, 0.15) is 0 Å². The Bertz CT molecular complexity index is 805. The van der Waals surface area contributed by atoms with Crippen molar-refractivity contribution in [3.8, 4) is 0 Å². The van der Waals surface area contributed by atoms with Crippen LogP contribution in [0.25, 0.3) is 0 Å². The SMILES string of the molecule is CC1=C2CC3C(CCC4C/C(=N/O)CCC43C)C2CCC2(C1)CC1NCC(C)CC1O2. The number of oxime groups is 1. The number of piperidine rings is 1. The minimum absolute atomic E-state index is 0.0990. The second-order valence-electron chi connectivity index (χ2n) is 12.7. The summed E-state index contributed by atoms with van der Waals surface area (Å²) in [5.41, 5.74) is 5.09. The lowest BCUT2D eigenvalue weighted by Gasteiger charge is -2.52. The van der Waals surface area contributed by atoms with Gasteiger partial charge < -0.3 is 15.3 Å². The Labute approximate surface area is 188 Å². The molecule has 3 saturated carbocycles. The molecule has 4 heteroatoms. The maximum Gasteiger partial charge on any atom is 0.0740 e. The monoisotopic (exact) mass is 426 g/mol. The third-order valence-electron chi connectivity index (χ3n) is 11.0. The summed E-state index contributed by atoms with van der Waals surface area (Å²) in [4.78, 5) is 0. The van der Waals surface area contributed by atoms with Crippen LogP contribution in [-0.2, 0) is 4.74 Å². The van der Waals surface area contributed by atoms with E-state index in [4.69, 9.17) is 4.74 Å². The molecule has 0 bridgehead atoms. The van der Waals surface area contributed by atoms with Crippen molar-refractivity contribution in [1.29, 1.82) is 0 Å². The zero-order chi connectivity index (χ0) is 21.4. The number of fused-ring (bicyclic) bond motifs is 6. The molecule has 2 N–H and O–H groups in total. The normalized spacial score (nSPS) is 53.1. The van der Waals surface area contributed by atoms with E-state index in [2.05, 4.69) is 31.2 Å². The lowest BCUT2D eigenvalue weighted by atomic mass is 9.52. The first-order valence-electron chi connectivity index (χ1n) is 13.2. The van der Waals surface area contributed by atoms with Crippen molar-refractivity contribution in [3.05, 3.63) is 11.1 Å². The Morgan fingerprint density at radius 3 is 2.87 bits per heavy atom. The second-order valence-corrected chi connectivity index (χ2v) is 12.7. The third-order valence-corrected chi connectivity index (χ3v) is 11.0. The average molecular weight is 427 g/mol. The number of nitrogens with zero attached hydrogens (tertiary/aromatic N) is 1. The zero-order valence-electron chi connectivity index (χ0n) is 19.8. The largest absolute Gasteiger partial charge is 0.411 e. The number of allylic oxidation sites excluding steroid dienone is 1. The molecule has 0 radical (unpaired) electrons. The molecule has 4 aliphatic carbocycles. The van der Waals surface area contributed by atoms with Gasteiger partial charge >= 0.3 is 0 Å². The molecule has 0 aromatic heterocycles. The number of ether oxygens (including phenoxy) is 1. The van der Waals surface area contributed by atoms with Crippen molar-refractivity contribution in [2.75, 3.05) is 6.54 Å². The van der Waals surface area contributed by atoms with E-state index in [-0.39, 0.29) is 5.60 Å². The van der Waals surface area contributed by atoms with E-state index in [1.54, 1.807) is 5.57 Å². The van der Waals surface area contributed by atoms with Crippen molar-refractivity contribution < 1.29 is 9.94 Å². The summed E-state index contributed by atoms with van der Waals surface area (Å²) in [6.45, 7) is 8.56. The van der Waals surface area contributed by atoms with Crippen molar-refractivity contribution in [3.63, 3.8) is 0 Å². The van der Waals surface area contributed by atoms with E-state index in [9.17, 15) is 5.21 Å². The van der Waals surface area contributed by atoms with Gasteiger partial charge in [0.25, 0.3) is 0 Å². The van der Waals surface area contributed by atoms with E-state index in [0.717, 1.165) is 54.7 Å². The summed E-state index contributed by atoms with van der Waals surface area (Å²) in [5.74, 6) is 3.97. The van der Waals surface area contributed by atoms with Crippen LogP contribution < -0.4 is 5.32 Å². The summed E-state index contributed by atoms with van der Waals surface area (Å²) in [5, 5.41) is 16.8. The van der Waals surface area contributed by atoms with Crippen molar-refractivity contribution >= 4 is 5.71 Å². The van der Waals surface area contributed by atoms with Crippen LogP contribution in [0.4, 0.5) is 0 Å². The molecule has 4 nitrogen and oxygen atoms in total. The predicted molar refractivity (Wildman–Crippen MR) is 123 cm³/mol. The van der Waals surface area contributed by atoms with Crippen LogP contribution in [0, 0.1) is 35.0 Å². The van der Waals surface area contributed by atoms with E-state index in [1.165, 1.54) is 57.8 Å². The number of hydrogen-bond acceptors (Lipinski definition) is 4. The molecule has 0 amide bonds. The fraction of sp³-hybridized carbons (Fsp3) is 0.889. The van der Waals surface area contributed by atoms with Crippen LogP contribution in [0.3, 0.4) is 0 Å². The molecule has 0 aromatic rings. The molecular formula is C27H42N2O2. The maximum atomic E-state index is 9.34. The van der Waals surface area contributed by atoms with Gasteiger partial charge in [-0.1, -0.05) is 30.1 Å². The van der Waals surface area contributed by atoms with Gasteiger partial charge in [-0.15, -0.1) is 0 Å². The molecule has 31 heavy (non-hydrogen) atoms. The summed E-state index contributed by atoms with van der Waals surface area (Å²) >= 11 is 0. The van der Waals surface area contributed by atoms with Crippen LogP contribution in [0.2, 0.25) is 0 Å². The number of nitrogens with one attached hydrogen (secondary N) is 1. The van der Waals surface area contributed by atoms with Crippen molar-refractivity contribution in [2.45, 2.75) is 109 Å². The molecule has 2 saturated heterocycles. The molecule has 0 aromatic carbocycles. The predicted octanol–water partition coefficient (Wildman–Crippen LogP) is 5.70.